The summed E-state index contributed by atoms with van der Waals surface area (Å²) in [4.78, 5) is 12.6. The second-order valence-corrected chi connectivity index (χ2v) is 10.1. The number of benzene rings is 2. The van der Waals surface area contributed by atoms with Gasteiger partial charge in [0, 0.05) is 12.6 Å². The molecule has 0 aliphatic carbocycles. The Labute approximate surface area is 195 Å². The van der Waals surface area contributed by atoms with Gasteiger partial charge in [-0.1, -0.05) is 42.0 Å². The highest BCUT2D eigenvalue weighted by Crippen LogP contribution is 2.21. The Morgan fingerprint density at radius 3 is 2.45 bits per heavy atom. The summed E-state index contributed by atoms with van der Waals surface area (Å²) in [5.41, 5.74) is 3.55. The molecule has 0 radical (unpaired) electrons. The summed E-state index contributed by atoms with van der Waals surface area (Å²) in [6, 6.07) is 16.2. The summed E-state index contributed by atoms with van der Waals surface area (Å²) in [5.74, 6) is 0.928. The average molecular weight is 471 g/mol. The molecule has 1 amide bonds. The Morgan fingerprint density at radius 1 is 1.03 bits per heavy atom. The van der Waals surface area contributed by atoms with Gasteiger partial charge in [-0.3, -0.25) is 4.79 Å². The molecular formula is C25H30N2O5S. The first kappa shape index (κ1) is 24.5. The number of rotatable bonds is 10. The summed E-state index contributed by atoms with van der Waals surface area (Å²) in [6.45, 7) is 7.93. The van der Waals surface area contributed by atoms with Crippen LogP contribution < -0.4 is 14.8 Å². The molecule has 2 N–H and O–H groups in total. The first-order valence-corrected chi connectivity index (χ1v) is 12.4. The molecule has 0 bridgehead atoms. The number of nitrogens with one attached hydrogen (secondary N) is 2. The highest BCUT2D eigenvalue weighted by Gasteiger charge is 2.17. The number of carbonyl (C=O) groups is 1. The Balaban J connectivity index is 1.59. The molecule has 0 spiro atoms. The summed E-state index contributed by atoms with van der Waals surface area (Å²) < 4.78 is 38.6. The molecule has 3 rings (SSSR count). The summed E-state index contributed by atoms with van der Waals surface area (Å²) >= 11 is 0. The van der Waals surface area contributed by atoms with Crippen molar-refractivity contribution in [3.8, 4) is 5.75 Å². The third-order valence-electron chi connectivity index (χ3n) is 4.90. The minimum atomic E-state index is -3.47. The third-order valence-corrected chi connectivity index (χ3v) is 6.43. The van der Waals surface area contributed by atoms with Gasteiger partial charge in [-0.2, -0.15) is 0 Å². The monoisotopic (exact) mass is 470 g/mol. The molecule has 2 aromatic carbocycles. The Morgan fingerprint density at radius 2 is 1.76 bits per heavy atom. The van der Waals surface area contributed by atoms with Crippen molar-refractivity contribution in [1.82, 2.24) is 10.0 Å². The van der Waals surface area contributed by atoms with Crippen LogP contribution in [0.15, 0.2) is 59.0 Å². The van der Waals surface area contributed by atoms with E-state index in [4.69, 9.17) is 9.15 Å². The minimum Gasteiger partial charge on any atom is -0.485 e. The van der Waals surface area contributed by atoms with Crippen molar-refractivity contribution in [2.75, 3.05) is 0 Å². The topological polar surface area (TPSA) is 97.6 Å². The zero-order chi connectivity index (χ0) is 24.0. The predicted molar refractivity (Wildman–Crippen MR) is 127 cm³/mol. The van der Waals surface area contributed by atoms with Crippen molar-refractivity contribution in [3.05, 3.63) is 88.4 Å². The summed E-state index contributed by atoms with van der Waals surface area (Å²) in [7, 11) is -3.47. The van der Waals surface area contributed by atoms with E-state index in [1.807, 2.05) is 38.1 Å². The third kappa shape index (κ3) is 7.20. The first-order valence-electron chi connectivity index (χ1n) is 10.8. The van der Waals surface area contributed by atoms with Crippen LogP contribution in [0.2, 0.25) is 0 Å². The number of carbonyl (C=O) groups excluding carboxylic acids is 1. The number of ether oxygens (including phenoxy) is 1. The van der Waals surface area contributed by atoms with Crippen molar-refractivity contribution < 1.29 is 22.4 Å². The van der Waals surface area contributed by atoms with Crippen LogP contribution in [0.25, 0.3) is 0 Å². The molecule has 0 aliphatic heterocycles. The van der Waals surface area contributed by atoms with Crippen LogP contribution in [0.4, 0.5) is 0 Å². The van der Waals surface area contributed by atoms with Crippen molar-refractivity contribution in [2.24, 2.45) is 0 Å². The smallest absolute Gasteiger partial charge is 0.287 e. The van der Waals surface area contributed by atoms with Crippen molar-refractivity contribution in [2.45, 2.75) is 52.6 Å². The molecular weight excluding hydrogens is 440 g/mol. The van der Waals surface area contributed by atoms with Gasteiger partial charge in [-0.25, -0.2) is 13.1 Å². The molecule has 0 saturated carbocycles. The number of sulfonamides is 1. The largest absolute Gasteiger partial charge is 0.485 e. The van der Waals surface area contributed by atoms with E-state index in [0.29, 0.717) is 11.3 Å². The Bertz CT molecular complexity index is 1220. The first-order chi connectivity index (χ1) is 15.6. The fraction of sp³-hybridized carbons (Fsp3) is 0.320. The van der Waals surface area contributed by atoms with Crippen LogP contribution in [0.3, 0.4) is 0 Å². The highest BCUT2D eigenvalue weighted by atomic mass is 32.2. The molecule has 33 heavy (non-hydrogen) atoms. The van der Waals surface area contributed by atoms with E-state index < -0.39 is 10.0 Å². The second kappa shape index (κ2) is 10.7. The maximum atomic E-state index is 12.6. The summed E-state index contributed by atoms with van der Waals surface area (Å²) in [5, 5.41) is 2.80. The van der Waals surface area contributed by atoms with Gasteiger partial charge >= 0.3 is 0 Å². The molecule has 176 valence electrons. The van der Waals surface area contributed by atoms with Gasteiger partial charge in [0.2, 0.25) is 10.0 Å². The van der Waals surface area contributed by atoms with Crippen LogP contribution in [-0.2, 0) is 28.9 Å². The van der Waals surface area contributed by atoms with Gasteiger partial charge in [0.15, 0.2) is 5.76 Å². The average Bonchev–Trinajstić information content (AvgIpc) is 3.20. The van der Waals surface area contributed by atoms with E-state index in [1.54, 1.807) is 44.2 Å². The molecule has 0 saturated heterocycles. The number of amides is 1. The van der Waals surface area contributed by atoms with Crippen LogP contribution in [0.5, 0.6) is 5.75 Å². The number of furan rings is 1. The zero-order valence-electron chi connectivity index (χ0n) is 19.3. The SMILES string of the molecule is Cc1ccc(OCc2ccc(C(=O)NCc3ccccc3CS(=O)(=O)NC(C)C)o2)c(C)c1. The quantitative estimate of drug-likeness (QED) is 0.462. The van der Waals surface area contributed by atoms with Crippen molar-refractivity contribution in [1.29, 1.82) is 0 Å². The van der Waals surface area contributed by atoms with E-state index in [-0.39, 0.29) is 36.6 Å². The summed E-state index contributed by atoms with van der Waals surface area (Å²) in [6.07, 6.45) is 0. The van der Waals surface area contributed by atoms with Crippen LogP contribution in [0.1, 0.15) is 52.4 Å². The van der Waals surface area contributed by atoms with Crippen LogP contribution >= 0.6 is 0 Å². The lowest BCUT2D eigenvalue weighted by Crippen LogP contribution is -2.31. The maximum absolute atomic E-state index is 12.6. The maximum Gasteiger partial charge on any atom is 0.287 e. The van der Waals surface area contributed by atoms with E-state index >= 15 is 0 Å². The van der Waals surface area contributed by atoms with E-state index in [0.717, 1.165) is 22.4 Å². The van der Waals surface area contributed by atoms with Gasteiger partial charge < -0.3 is 14.5 Å². The van der Waals surface area contributed by atoms with Gasteiger partial charge in [0.1, 0.15) is 18.1 Å². The van der Waals surface area contributed by atoms with Crippen LogP contribution in [-0.4, -0.2) is 20.4 Å². The normalized spacial score (nSPS) is 11.5. The zero-order valence-corrected chi connectivity index (χ0v) is 20.2. The van der Waals surface area contributed by atoms with Crippen molar-refractivity contribution in [3.63, 3.8) is 0 Å². The molecule has 0 unspecified atom stereocenters. The molecule has 0 atom stereocenters. The van der Waals surface area contributed by atoms with Crippen LogP contribution in [0, 0.1) is 13.8 Å². The molecule has 0 aliphatic rings. The predicted octanol–water partition coefficient (Wildman–Crippen LogP) is 4.23. The standard InChI is InChI=1S/C25H30N2O5S/c1-17(2)27-33(29,30)16-21-8-6-5-7-20(21)14-26-25(28)24-12-10-22(32-24)15-31-23-11-9-18(3)13-19(23)4/h5-13,17,27H,14-16H2,1-4H3,(H,26,28). The number of aryl methyl sites for hydroxylation is 2. The van der Waals surface area contributed by atoms with E-state index in [9.17, 15) is 13.2 Å². The fourth-order valence-electron chi connectivity index (χ4n) is 3.43. The minimum absolute atomic E-state index is 0.155. The Kier molecular flexibility index (Phi) is 7.94. The van der Waals surface area contributed by atoms with Gasteiger partial charge in [0.05, 0.1) is 5.75 Å². The van der Waals surface area contributed by atoms with Gasteiger partial charge in [0.25, 0.3) is 5.91 Å². The molecule has 1 heterocycles. The molecule has 1 aromatic heterocycles. The lowest BCUT2D eigenvalue weighted by atomic mass is 10.1. The van der Waals surface area contributed by atoms with Crippen molar-refractivity contribution >= 4 is 15.9 Å². The lowest BCUT2D eigenvalue weighted by molar-refractivity contribution is 0.0919. The fourth-order valence-corrected chi connectivity index (χ4v) is 4.92. The van der Waals surface area contributed by atoms with E-state index in [1.165, 1.54) is 0 Å². The van der Waals surface area contributed by atoms with E-state index in [2.05, 4.69) is 10.0 Å². The molecule has 7 nitrogen and oxygen atoms in total. The molecule has 0 fully saturated rings. The molecule has 3 aromatic rings. The molecule has 8 heteroatoms. The van der Waals surface area contributed by atoms with Gasteiger partial charge in [-0.05, 0) is 62.6 Å². The Hall–Kier alpha value is -3.10. The highest BCUT2D eigenvalue weighted by molar-refractivity contribution is 7.88. The number of hydrogen-bond acceptors (Lipinski definition) is 5. The lowest BCUT2D eigenvalue weighted by Gasteiger charge is -2.13. The van der Waals surface area contributed by atoms with Gasteiger partial charge in [-0.15, -0.1) is 0 Å². The number of hydrogen-bond donors (Lipinski definition) is 2. The second-order valence-electron chi connectivity index (χ2n) is 8.31.